The second kappa shape index (κ2) is 7.49. The SMILES string of the molecule is Cc1[nH]c(C(=O)O)c(C)c1C(=O)N1CCN(CC(=O)NC(C)(C)C)CC1. The largest absolute Gasteiger partial charge is 0.477 e. The van der Waals surface area contributed by atoms with Gasteiger partial charge in [0.15, 0.2) is 0 Å². The maximum Gasteiger partial charge on any atom is 0.352 e. The van der Waals surface area contributed by atoms with Crippen molar-refractivity contribution in [3.8, 4) is 0 Å². The first-order chi connectivity index (χ1) is 12.0. The summed E-state index contributed by atoms with van der Waals surface area (Å²) in [5, 5.41) is 12.1. The van der Waals surface area contributed by atoms with Gasteiger partial charge in [-0.3, -0.25) is 14.5 Å². The molecule has 0 aromatic carbocycles. The smallest absolute Gasteiger partial charge is 0.352 e. The summed E-state index contributed by atoms with van der Waals surface area (Å²) >= 11 is 0. The lowest BCUT2D eigenvalue weighted by molar-refractivity contribution is -0.124. The van der Waals surface area contributed by atoms with Crippen molar-refractivity contribution in [2.24, 2.45) is 0 Å². The lowest BCUT2D eigenvalue weighted by Crippen LogP contribution is -2.53. The number of H-pyrrole nitrogens is 1. The Kier molecular flexibility index (Phi) is 5.75. The Hall–Kier alpha value is -2.35. The molecule has 0 spiro atoms. The Balaban J connectivity index is 1.97. The number of nitrogens with one attached hydrogen (secondary N) is 2. The number of carbonyl (C=O) groups excluding carboxylic acids is 2. The quantitative estimate of drug-likeness (QED) is 0.739. The number of rotatable bonds is 4. The molecule has 1 aromatic heterocycles. The molecule has 26 heavy (non-hydrogen) atoms. The Morgan fingerprint density at radius 1 is 1.12 bits per heavy atom. The van der Waals surface area contributed by atoms with Crippen LogP contribution in [0.1, 0.15) is 52.9 Å². The van der Waals surface area contributed by atoms with Gasteiger partial charge in [-0.2, -0.15) is 0 Å². The first-order valence-electron chi connectivity index (χ1n) is 8.74. The van der Waals surface area contributed by atoms with Gasteiger partial charge in [-0.25, -0.2) is 4.79 Å². The molecule has 2 heterocycles. The number of carbonyl (C=O) groups is 3. The second-order valence-corrected chi connectivity index (χ2v) is 7.80. The van der Waals surface area contributed by atoms with Crippen LogP contribution in [0.15, 0.2) is 0 Å². The first-order valence-corrected chi connectivity index (χ1v) is 8.74. The molecule has 2 rings (SSSR count). The Bertz CT molecular complexity index is 710. The monoisotopic (exact) mass is 364 g/mol. The number of aromatic amines is 1. The van der Waals surface area contributed by atoms with Crippen LogP contribution in [-0.4, -0.2) is 75.9 Å². The number of amides is 2. The molecule has 0 unspecified atom stereocenters. The third-order valence-corrected chi connectivity index (χ3v) is 4.41. The number of piperazine rings is 1. The standard InChI is InChI=1S/C18H28N4O4/c1-11-14(12(2)19-15(11)17(25)26)16(24)22-8-6-21(7-9-22)10-13(23)20-18(3,4)5/h19H,6-10H2,1-5H3,(H,20,23)(H,25,26). The minimum atomic E-state index is -1.07. The van der Waals surface area contributed by atoms with E-state index in [-0.39, 0.29) is 23.0 Å². The molecule has 1 saturated heterocycles. The zero-order chi connectivity index (χ0) is 19.6. The normalized spacial score (nSPS) is 15.8. The van der Waals surface area contributed by atoms with Gasteiger partial charge < -0.3 is 20.3 Å². The van der Waals surface area contributed by atoms with Crippen LogP contribution >= 0.6 is 0 Å². The molecule has 3 N–H and O–H groups in total. The van der Waals surface area contributed by atoms with E-state index in [9.17, 15) is 19.5 Å². The first kappa shape index (κ1) is 20.0. The molecule has 0 radical (unpaired) electrons. The average molecular weight is 364 g/mol. The van der Waals surface area contributed by atoms with Crippen molar-refractivity contribution < 1.29 is 19.5 Å². The number of hydrogen-bond acceptors (Lipinski definition) is 4. The highest BCUT2D eigenvalue weighted by Crippen LogP contribution is 2.20. The summed E-state index contributed by atoms with van der Waals surface area (Å²) < 4.78 is 0. The van der Waals surface area contributed by atoms with Gasteiger partial charge in [0.25, 0.3) is 5.91 Å². The van der Waals surface area contributed by atoms with E-state index in [1.54, 1.807) is 18.7 Å². The molecule has 8 heteroatoms. The van der Waals surface area contributed by atoms with Crippen LogP contribution in [0.25, 0.3) is 0 Å². The second-order valence-electron chi connectivity index (χ2n) is 7.80. The van der Waals surface area contributed by atoms with Gasteiger partial charge in [-0.15, -0.1) is 0 Å². The highest BCUT2D eigenvalue weighted by molar-refractivity contribution is 6.00. The van der Waals surface area contributed by atoms with Crippen molar-refractivity contribution in [2.45, 2.75) is 40.2 Å². The number of carboxylic acid groups (broad SMARTS) is 1. The molecule has 0 aliphatic carbocycles. The van der Waals surface area contributed by atoms with Crippen LogP contribution in [0.5, 0.6) is 0 Å². The topological polar surface area (TPSA) is 106 Å². The Morgan fingerprint density at radius 3 is 2.15 bits per heavy atom. The van der Waals surface area contributed by atoms with Crippen molar-refractivity contribution in [1.82, 2.24) is 20.1 Å². The molecular weight excluding hydrogens is 336 g/mol. The van der Waals surface area contributed by atoms with Gasteiger partial charge in [-0.1, -0.05) is 0 Å². The van der Waals surface area contributed by atoms with Crippen LogP contribution in [0.4, 0.5) is 0 Å². The summed E-state index contributed by atoms with van der Waals surface area (Å²) in [6.07, 6.45) is 0. The van der Waals surface area contributed by atoms with E-state index in [1.165, 1.54) is 0 Å². The molecule has 1 aromatic rings. The van der Waals surface area contributed by atoms with Crippen molar-refractivity contribution in [3.63, 3.8) is 0 Å². The van der Waals surface area contributed by atoms with E-state index in [2.05, 4.69) is 10.3 Å². The average Bonchev–Trinajstić information content (AvgIpc) is 2.80. The Morgan fingerprint density at radius 2 is 1.69 bits per heavy atom. The molecule has 0 atom stereocenters. The highest BCUT2D eigenvalue weighted by atomic mass is 16.4. The molecule has 144 valence electrons. The number of carboxylic acids is 1. The predicted octanol–water partition coefficient (Wildman–Crippen LogP) is 1.00. The maximum atomic E-state index is 12.8. The van der Waals surface area contributed by atoms with E-state index >= 15 is 0 Å². The summed E-state index contributed by atoms with van der Waals surface area (Å²) in [5.41, 5.74) is 1.26. The van der Waals surface area contributed by atoms with Gasteiger partial charge in [0.05, 0.1) is 12.1 Å². The van der Waals surface area contributed by atoms with Gasteiger partial charge in [0.1, 0.15) is 5.69 Å². The molecule has 1 fully saturated rings. The minimum Gasteiger partial charge on any atom is -0.477 e. The zero-order valence-electron chi connectivity index (χ0n) is 16.1. The van der Waals surface area contributed by atoms with Gasteiger partial charge in [0, 0.05) is 37.4 Å². The van der Waals surface area contributed by atoms with Crippen LogP contribution in [-0.2, 0) is 4.79 Å². The third-order valence-electron chi connectivity index (χ3n) is 4.41. The van der Waals surface area contributed by atoms with Gasteiger partial charge in [-0.05, 0) is 40.2 Å². The van der Waals surface area contributed by atoms with Crippen LogP contribution < -0.4 is 5.32 Å². The fraction of sp³-hybridized carbons (Fsp3) is 0.611. The van der Waals surface area contributed by atoms with Gasteiger partial charge >= 0.3 is 5.97 Å². The predicted molar refractivity (Wildman–Crippen MR) is 97.5 cm³/mol. The molecule has 1 aliphatic rings. The summed E-state index contributed by atoms with van der Waals surface area (Å²) in [6, 6.07) is 0. The summed E-state index contributed by atoms with van der Waals surface area (Å²) in [7, 11) is 0. The van der Waals surface area contributed by atoms with Crippen molar-refractivity contribution >= 4 is 17.8 Å². The lowest BCUT2D eigenvalue weighted by Gasteiger charge is -2.35. The summed E-state index contributed by atoms with van der Waals surface area (Å²) in [6.45, 7) is 11.7. The third kappa shape index (κ3) is 4.63. The van der Waals surface area contributed by atoms with E-state index < -0.39 is 5.97 Å². The van der Waals surface area contributed by atoms with Crippen LogP contribution in [0.2, 0.25) is 0 Å². The summed E-state index contributed by atoms with van der Waals surface area (Å²) in [5.74, 6) is -1.26. The van der Waals surface area contributed by atoms with E-state index in [0.717, 1.165) is 0 Å². The molecule has 8 nitrogen and oxygen atoms in total. The number of aromatic nitrogens is 1. The fourth-order valence-electron chi connectivity index (χ4n) is 3.21. The number of aromatic carboxylic acids is 1. The van der Waals surface area contributed by atoms with Crippen molar-refractivity contribution in [2.75, 3.05) is 32.7 Å². The van der Waals surface area contributed by atoms with Crippen molar-refractivity contribution in [3.05, 3.63) is 22.5 Å². The fourth-order valence-corrected chi connectivity index (χ4v) is 3.21. The Labute approximate surface area is 153 Å². The molecule has 2 amide bonds. The van der Waals surface area contributed by atoms with Crippen LogP contribution in [0, 0.1) is 13.8 Å². The number of nitrogens with zero attached hydrogens (tertiary/aromatic N) is 2. The molecule has 0 saturated carbocycles. The molecule has 0 bridgehead atoms. The lowest BCUT2D eigenvalue weighted by atomic mass is 10.1. The summed E-state index contributed by atoms with van der Waals surface area (Å²) in [4.78, 5) is 42.6. The number of hydrogen-bond donors (Lipinski definition) is 3. The molecule has 1 aliphatic heterocycles. The van der Waals surface area contributed by atoms with Gasteiger partial charge in [0.2, 0.25) is 5.91 Å². The number of aryl methyl sites for hydroxylation is 1. The highest BCUT2D eigenvalue weighted by Gasteiger charge is 2.28. The molecular formula is C18H28N4O4. The van der Waals surface area contributed by atoms with Crippen LogP contribution in [0.3, 0.4) is 0 Å². The minimum absolute atomic E-state index is 0.0271. The zero-order valence-corrected chi connectivity index (χ0v) is 16.1. The maximum absolute atomic E-state index is 12.8. The van der Waals surface area contributed by atoms with Crippen molar-refractivity contribution in [1.29, 1.82) is 0 Å². The van der Waals surface area contributed by atoms with E-state index in [0.29, 0.717) is 49.5 Å². The van der Waals surface area contributed by atoms with E-state index in [4.69, 9.17) is 0 Å². The van der Waals surface area contributed by atoms with E-state index in [1.807, 2.05) is 25.7 Å².